The number of amides is 3. The molecular weight excluding hydrogens is 330 g/mol. The van der Waals surface area contributed by atoms with Gasteiger partial charge in [-0.1, -0.05) is 15.9 Å². The van der Waals surface area contributed by atoms with Crippen LogP contribution in [0.2, 0.25) is 0 Å². The minimum absolute atomic E-state index is 0.0571. The molecule has 0 aliphatic heterocycles. The van der Waals surface area contributed by atoms with Crippen molar-refractivity contribution in [2.24, 2.45) is 5.73 Å². The first-order chi connectivity index (χ1) is 9.38. The van der Waals surface area contributed by atoms with Crippen molar-refractivity contribution in [2.75, 3.05) is 5.32 Å². The van der Waals surface area contributed by atoms with Crippen molar-refractivity contribution >= 4 is 39.5 Å². The number of carboxylic acid groups (broad SMARTS) is 1. The third-order valence-electron chi connectivity index (χ3n) is 2.38. The molecule has 0 fully saturated rings. The summed E-state index contributed by atoms with van der Waals surface area (Å²) in [6, 6.07) is 4.95. The molecule has 20 heavy (non-hydrogen) atoms. The number of benzene rings is 1. The van der Waals surface area contributed by atoms with Gasteiger partial charge in [-0.05, 0) is 30.7 Å². The highest BCUT2D eigenvalue weighted by Gasteiger charge is 2.20. The van der Waals surface area contributed by atoms with Crippen LogP contribution in [0.1, 0.15) is 12.8 Å². The molecule has 0 aliphatic carbocycles. The first kappa shape index (κ1) is 16.0. The van der Waals surface area contributed by atoms with Gasteiger partial charge >= 0.3 is 12.0 Å². The van der Waals surface area contributed by atoms with E-state index in [1.54, 1.807) is 24.3 Å². The standard InChI is InChI=1S/C12H14BrN3O4/c13-7-1-3-8(4-2-7)15-12(20)16-9(11(18)19)5-6-10(14)17/h1-4,9H,5-6H2,(H2,14,17)(H,18,19)(H2,15,16,20)/t9-/m0/s1. The normalized spacial score (nSPS) is 11.4. The van der Waals surface area contributed by atoms with Crippen LogP contribution in [0.3, 0.4) is 0 Å². The second-order valence-electron chi connectivity index (χ2n) is 4.00. The molecule has 8 heteroatoms. The number of carbonyl (C=O) groups is 3. The third kappa shape index (κ3) is 5.70. The number of aliphatic carboxylic acids is 1. The molecule has 3 amide bonds. The zero-order valence-electron chi connectivity index (χ0n) is 10.4. The summed E-state index contributed by atoms with van der Waals surface area (Å²) in [6.07, 6.45) is -0.173. The summed E-state index contributed by atoms with van der Waals surface area (Å²) in [7, 11) is 0. The summed E-state index contributed by atoms with van der Waals surface area (Å²) < 4.78 is 0.855. The first-order valence-corrected chi connectivity index (χ1v) is 6.52. The van der Waals surface area contributed by atoms with Crippen molar-refractivity contribution in [2.45, 2.75) is 18.9 Å². The van der Waals surface area contributed by atoms with Crippen LogP contribution in [-0.4, -0.2) is 29.1 Å². The van der Waals surface area contributed by atoms with Crippen molar-refractivity contribution in [3.8, 4) is 0 Å². The van der Waals surface area contributed by atoms with Gasteiger partial charge in [0.15, 0.2) is 0 Å². The van der Waals surface area contributed by atoms with Gasteiger partial charge in [0.25, 0.3) is 0 Å². The van der Waals surface area contributed by atoms with Gasteiger partial charge in [-0.15, -0.1) is 0 Å². The highest BCUT2D eigenvalue weighted by atomic mass is 79.9. The Morgan fingerprint density at radius 3 is 2.35 bits per heavy atom. The van der Waals surface area contributed by atoms with E-state index in [0.717, 1.165) is 4.47 Å². The molecule has 0 aromatic heterocycles. The van der Waals surface area contributed by atoms with Crippen molar-refractivity contribution in [1.29, 1.82) is 0 Å². The van der Waals surface area contributed by atoms with Crippen LogP contribution in [0.25, 0.3) is 0 Å². The molecule has 0 saturated heterocycles. The topological polar surface area (TPSA) is 122 Å². The lowest BCUT2D eigenvalue weighted by atomic mass is 10.1. The molecule has 5 N–H and O–H groups in total. The second-order valence-corrected chi connectivity index (χ2v) is 4.92. The quantitative estimate of drug-likeness (QED) is 0.621. The first-order valence-electron chi connectivity index (χ1n) is 5.72. The lowest BCUT2D eigenvalue weighted by Gasteiger charge is -2.14. The maximum absolute atomic E-state index is 11.6. The number of carbonyl (C=O) groups excluding carboxylic acids is 2. The van der Waals surface area contributed by atoms with E-state index in [4.69, 9.17) is 10.8 Å². The van der Waals surface area contributed by atoms with Crippen LogP contribution in [-0.2, 0) is 9.59 Å². The van der Waals surface area contributed by atoms with E-state index < -0.39 is 23.9 Å². The maximum Gasteiger partial charge on any atom is 0.326 e. The van der Waals surface area contributed by atoms with E-state index in [1.165, 1.54) is 0 Å². The van der Waals surface area contributed by atoms with Gasteiger partial charge in [0.05, 0.1) is 0 Å². The zero-order valence-corrected chi connectivity index (χ0v) is 12.0. The van der Waals surface area contributed by atoms with Crippen molar-refractivity contribution in [3.05, 3.63) is 28.7 Å². The summed E-state index contributed by atoms with van der Waals surface area (Å²) in [6.45, 7) is 0. The number of anilines is 1. The SMILES string of the molecule is NC(=O)CC[C@H](NC(=O)Nc1ccc(Br)cc1)C(=O)O. The van der Waals surface area contributed by atoms with Crippen LogP contribution in [0.15, 0.2) is 28.7 Å². The average molecular weight is 344 g/mol. The van der Waals surface area contributed by atoms with Gasteiger partial charge in [0.2, 0.25) is 5.91 Å². The molecule has 0 saturated carbocycles. The average Bonchev–Trinajstić information content (AvgIpc) is 2.36. The summed E-state index contributed by atoms with van der Waals surface area (Å²) in [4.78, 5) is 33.2. The van der Waals surface area contributed by atoms with Crippen molar-refractivity contribution < 1.29 is 19.5 Å². The Labute approximate surface area is 123 Å². The van der Waals surface area contributed by atoms with Gasteiger partial charge in [-0.2, -0.15) is 0 Å². The molecular formula is C12H14BrN3O4. The molecule has 1 rings (SSSR count). The Morgan fingerprint density at radius 1 is 1.25 bits per heavy atom. The maximum atomic E-state index is 11.6. The summed E-state index contributed by atoms with van der Waals surface area (Å²) >= 11 is 3.26. The predicted octanol–water partition coefficient (Wildman–Crippen LogP) is 1.29. The van der Waals surface area contributed by atoms with Crippen LogP contribution >= 0.6 is 15.9 Å². The van der Waals surface area contributed by atoms with Crippen molar-refractivity contribution in [1.82, 2.24) is 5.32 Å². The predicted molar refractivity (Wildman–Crippen MR) is 76.1 cm³/mol. The number of hydrogen-bond acceptors (Lipinski definition) is 3. The molecule has 0 aliphatic rings. The van der Waals surface area contributed by atoms with E-state index in [9.17, 15) is 14.4 Å². The molecule has 108 valence electrons. The second kappa shape index (κ2) is 7.49. The molecule has 1 atom stereocenters. The van der Waals surface area contributed by atoms with Gasteiger partial charge in [-0.25, -0.2) is 9.59 Å². The van der Waals surface area contributed by atoms with Gasteiger partial charge in [-0.3, -0.25) is 4.79 Å². The number of halogens is 1. The van der Waals surface area contributed by atoms with Crippen LogP contribution < -0.4 is 16.4 Å². The molecule has 0 bridgehead atoms. The monoisotopic (exact) mass is 343 g/mol. The highest BCUT2D eigenvalue weighted by molar-refractivity contribution is 9.10. The smallest absolute Gasteiger partial charge is 0.326 e. The molecule has 7 nitrogen and oxygen atoms in total. The highest BCUT2D eigenvalue weighted by Crippen LogP contribution is 2.13. The summed E-state index contributed by atoms with van der Waals surface area (Å²) in [5.74, 6) is -1.84. The van der Waals surface area contributed by atoms with E-state index in [2.05, 4.69) is 26.6 Å². The fraction of sp³-hybridized carbons (Fsp3) is 0.250. The molecule has 0 unspecified atom stereocenters. The summed E-state index contributed by atoms with van der Waals surface area (Å²) in [5, 5.41) is 13.7. The molecule has 1 aromatic rings. The van der Waals surface area contributed by atoms with Gasteiger partial charge in [0.1, 0.15) is 6.04 Å². The fourth-order valence-corrected chi connectivity index (χ4v) is 1.67. The van der Waals surface area contributed by atoms with Crippen LogP contribution in [0, 0.1) is 0 Å². The lowest BCUT2D eigenvalue weighted by Crippen LogP contribution is -2.43. The van der Waals surface area contributed by atoms with E-state index in [1.807, 2.05) is 0 Å². The third-order valence-corrected chi connectivity index (χ3v) is 2.91. The number of rotatable bonds is 6. The number of hydrogen-bond donors (Lipinski definition) is 4. The van der Waals surface area contributed by atoms with Crippen LogP contribution in [0.5, 0.6) is 0 Å². The number of carboxylic acids is 1. The zero-order chi connectivity index (χ0) is 15.1. The van der Waals surface area contributed by atoms with E-state index >= 15 is 0 Å². The Balaban J connectivity index is 2.55. The minimum Gasteiger partial charge on any atom is -0.480 e. The Hall–Kier alpha value is -2.09. The number of urea groups is 1. The Morgan fingerprint density at radius 2 is 1.85 bits per heavy atom. The molecule has 0 spiro atoms. The Kier molecular flexibility index (Phi) is 5.98. The van der Waals surface area contributed by atoms with Gasteiger partial charge < -0.3 is 21.5 Å². The van der Waals surface area contributed by atoms with Crippen LogP contribution in [0.4, 0.5) is 10.5 Å². The fourth-order valence-electron chi connectivity index (χ4n) is 1.40. The number of nitrogens with one attached hydrogen (secondary N) is 2. The molecule has 0 radical (unpaired) electrons. The van der Waals surface area contributed by atoms with E-state index in [-0.39, 0.29) is 12.8 Å². The molecule has 0 heterocycles. The number of nitrogens with two attached hydrogens (primary N) is 1. The number of primary amides is 1. The van der Waals surface area contributed by atoms with Gasteiger partial charge in [0, 0.05) is 16.6 Å². The lowest BCUT2D eigenvalue weighted by molar-refractivity contribution is -0.139. The summed E-state index contributed by atoms with van der Waals surface area (Å²) in [5.41, 5.74) is 5.46. The largest absolute Gasteiger partial charge is 0.480 e. The Bertz CT molecular complexity index is 504. The van der Waals surface area contributed by atoms with Crippen molar-refractivity contribution in [3.63, 3.8) is 0 Å². The molecule has 1 aromatic carbocycles. The van der Waals surface area contributed by atoms with E-state index in [0.29, 0.717) is 5.69 Å². The minimum atomic E-state index is -1.22.